The van der Waals surface area contributed by atoms with Crippen molar-refractivity contribution in [3.8, 4) is 0 Å². The van der Waals surface area contributed by atoms with Gasteiger partial charge in [-0.1, -0.05) is 0 Å². The predicted octanol–water partition coefficient (Wildman–Crippen LogP) is -0.670. The lowest BCUT2D eigenvalue weighted by Crippen LogP contribution is -1.72. The molecule has 5 nitrogen and oxygen atoms in total. The normalized spacial score (nSPS) is 5.45. The van der Waals surface area contributed by atoms with E-state index in [1.165, 1.54) is 0 Å². The second kappa shape index (κ2) is 96.8. The molecule has 0 saturated carbocycles. The largest absolute Gasteiger partial charge is 0.397 e. The molecule has 0 rings (SSSR count). The summed E-state index contributed by atoms with van der Waals surface area (Å²) in [6, 6.07) is 0. The van der Waals surface area contributed by atoms with E-state index in [2.05, 4.69) is 5.90 Å². The Morgan fingerprint density at radius 1 is 0.727 bits per heavy atom. The first-order valence-electron chi connectivity index (χ1n) is 3.33. The lowest BCUT2D eigenvalue weighted by molar-refractivity contribution is 0.311. The fourth-order valence-electron chi connectivity index (χ4n) is 0. The smallest absolute Gasteiger partial charge is 0.0402 e. The van der Waals surface area contributed by atoms with Gasteiger partial charge in [-0.25, -0.2) is 5.90 Å². The third kappa shape index (κ3) is 14900. The number of aliphatic hydroxyl groups is 3. The molecule has 0 fully saturated rings. The molecule has 0 saturated heterocycles. The summed E-state index contributed by atoms with van der Waals surface area (Å²) in [5, 5.41) is 29.2. The molecule has 11 heavy (non-hydrogen) atoms. The van der Waals surface area contributed by atoms with E-state index < -0.39 is 0 Å². The molecule has 0 aromatic heterocycles. The van der Waals surface area contributed by atoms with Crippen LogP contribution in [0.5, 0.6) is 0 Å². The summed E-state index contributed by atoms with van der Waals surface area (Å²) in [4.78, 5) is 0. The molecule has 0 amide bonds. The zero-order valence-electron chi connectivity index (χ0n) is 7.49. The van der Waals surface area contributed by atoms with E-state index >= 15 is 0 Å². The van der Waals surface area contributed by atoms with Gasteiger partial charge >= 0.3 is 0 Å². The molecule has 0 aliphatic rings. The Hall–Kier alpha value is -0.200. The van der Waals surface area contributed by atoms with Gasteiger partial charge in [0.1, 0.15) is 0 Å². The first-order valence-corrected chi connectivity index (χ1v) is 3.33. The Kier molecular flexibility index (Phi) is 197. The number of rotatable bonds is 0. The van der Waals surface area contributed by atoms with Gasteiger partial charge in [-0.15, -0.1) is 0 Å². The summed E-state index contributed by atoms with van der Waals surface area (Å²) < 4.78 is 0. The quantitative estimate of drug-likeness (QED) is 0.311. The van der Waals surface area contributed by atoms with Crippen LogP contribution in [0.2, 0.25) is 0 Å². The van der Waals surface area contributed by atoms with Crippen LogP contribution in [-0.4, -0.2) is 40.3 Å². The van der Waals surface area contributed by atoms with Crippen molar-refractivity contribution in [2.24, 2.45) is 5.90 Å². The first kappa shape index (κ1) is 22.4. The molecule has 0 radical (unpaired) electrons. The minimum absolute atomic E-state index is 0.250. The lowest BCUT2D eigenvalue weighted by Gasteiger charge is -1.52. The van der Waals surface area contributed by atoms with Gasteiger partial charge in [0.25, 0.3) is 0 Å². The van der Waals surface area contributed by atoms with Crippen LogP contribution < -0.4 is 5.90 Å². The zero-order chi connectivity index (χ0) is 10.1. The van der Waals surface area contributed by atoms with Crippen LogP contribution in [0.1, 0.15) is 20.8 Å². The van der Waals surface area contributed by atoms with Gasteiger partial charge in [-0.05, 0) is 20.8 Å². The topological polar surface area (TPSA) is 107 Å². The Balaban J connectivity index is -0.0000000301. The number of hydrogen-bond donors (Lipinski definition) is 5. The van der Waals surface area contributed by atoms with E-state index in [9.17, 15) is 0 Å². The van der Waals surface area contributed by atoms with Gasteiger partial charge in [0.05, 0.1) is 0 Å². The average molecular weight is 171 g/mol. The standard InChI is InChI=1S/3C2H6O.H3NO/c3*1-2-3;1-2/h3*3H,2H2,1H3;2H,1H2. The molecular weight excluding hydrogens is 150 g/mol. The van der Waals surface area contributed by atoms with E-state index in [0.29, 0.717) is 0 Å². The molecule has 0 aromatic rings. The van der Waals surface area contributed by atoms with Crippen molar-refractivity contribution < 1.29 is 20.5 Å². The Morgan fingerprint density at radius 3 is 0.727 bits per heavy atom. The van der Waals surface area contributed by atoms with Gasteiger partial charge in [-0.2, -0.15) is 0 Å². The van der Waals surface area contributed by atoms with Crippen molar-refractivity contribution in [1.29, 1.82) is 0 Å². The van der Waals surface area contributed by atoms with Crippen LogP contribution in [0.3, 0.4) is 0 Å². The molecule has 5 heteroatoms. The van der Waals surface area contributed by atoms with Crippen molar-refractivity contribution in [2.45, 2.75) is 20.8 Å². The first-order chi connectivity index (χ1) is 5.24. The summed E-state index contributed by atoms with van der Waals surface area (Å²) >= 11 is 0. The molecule has 0 spiro atoms. The molecule has 0 aliphatic heterocycles. The highest BCUT2D eigenvalue weighted by atomic mass is 16.4. The summed E-state index contributed by atoms with van der Waals surface area (Å²) in [5.74, 6) is 3.50. The molecule has 6 N–H and O–H groups in total. The van der Waals surface area contributed by atoms with Crippen molar-refractivity contribution in [3.63, 3.8) is 0 Å². The highest BCUT2D eigenvalue weighted by Crippen LogP contribution is 1.30. The maximum Gasteiger partial charge on any atom is 0.0402 e. The van der Waals surface area contributed by atoms with E-state index in [1.807, 2.05) is 0 Å². The minimum atomic E-state index is 0.250. The van der Waals surface area contributed by atoms with Crippen molar-refractivity contribution in [3.05, 3.63) is 0 Å². The van der Waals surface area contributed by atoms with Crippen LogP contribution in [0, 0.1) is 0 Å². The molecule has 0 unspecified atom stereocenters. The van der Waals surface area contributed by atoms with Crippen LogP contribution in [0.25, 0.3) is 0 Å². The average Bonchev–Trinajstić information content (AvgIpc) is 1.96. The number of aliphatic hydroxyl groups excluding tert-OH is 3. The van der Waals surface area contributed by atoms with E-state index in [1.54, 1.807) is 20.8 Å². The Morgan fingerprint density at radius 2 is 0.727 bits per heavy atom. The van der Waals surface area contributed by atoms with Gasteiger partial charge in [0.15, 0.2) is 0 Å². The molecule has 0 atom stereocenters. The summed E-state index contributed by atoms with van der Waals surface area (Å²) in [7, 11) is 0. The van der Waals surface area contributed by atoms with Crippen LogP contribution in [0.4, 0.5) is 0 Å². The second-order valence-corrected chi connectivity index (χ2v) is 0.949. The van der Waals surface area contributed by atoms with Crippen molar-refractivity contribution in [2.75, 3.05) is 19.8 Å². The molecule has 0 aliphatic carbocycles. The van der Waals surface area contributed by atoms with Crippen molar-refractivity contribution in [1.82, 2.24) is 0 Å². The maximum absolute atomic E-state index is 7.57. The molecule has 0 heterocycles. The third-order valence-corrected chi connectivity index (χ3v) is 0. The second-order valence-electron chi connectivity index (χ2n) is 0.949. The SMILES string of the molecule is CCO.CCO.CCO.NO. The Labute approximate surface area is 68.1 Å². The highest BCUT2D eigenvalue weighted by Gasteiger charge is 1.35. The number of nitrogens with two attached hydrogens (primary N) is 1. The van der Waals surface area contributed by atoms with Crippen LogP contribution >= 0.6 is 0 Å². The van der Waals surface area contributed by atoms with Gasteiger partial charge in [0, 0.05) is 19.8 Å². The van der Waals surface area contributed by atoms with Gasteiger partial charge in [0.2, 0.25) is 0 Å². The molecule has 74 valence electrons. The van der Waals surface area contributed by atoms with E-state index in [-0.39, 0.29) is 19.8 Å². The summed E-state index contributed by atoms with van der Waals surface area (Å²) in [5.41, 5.74) is 0. The zero-order valence-corrected chi connectivity index (χ0v) is 7.49. The summed E-state index contributed by atoms with van der Waals surface area (Å²) in [6.07, 6.45) is 0. The van der Waals surface area contributed by atoms with Crippen LogP contribution in [0.15, 0.2) is 0 Å². The van der Waals surface area contributed by atoms with Crippen molar-refractivity contribution >= 4 is 0 Å². The number of hydrogen-bond acceptors (Lipinski definition) is 5. The maximum atomic E-state index is 7.57. The van der Waals surface area contributed by atoms with E-state index in [0.717, 1.165) is 0 Å². The fourth-order valence-corrected chi connectivity index (χ4v) is 0. The fraction of sp³-hybridized carbons (Fsp3) is 1.00. The highest BCUT2D eigenvalue weighted by molar-refractivity contribution is 3.84. The van der Waals surface area contributed by atoms with Gasteiger partial charge in [-0.3, -0.25) is 0 Å². The Bertz CT molecular complexity index is 19.3. The molecular formula is C6H21NO4. The minimum Gasteiger partial charge on any atom is -0.397 e. The predicted molar refractivity (Wildman–Crippen MR) is 44.3 cm³/mol. The van der Waals surface area contributed by atoms with E-state index in [4.69, 9.17) is 20.5 Å². The molecule has 0 aromatic carbocycles. The molecule has 0 bridgehead atoms. The lowest BCUT2D eigenvalue weighted by atomic mass is 10.9. The van der Waals surface area contributed by atoms with Gasteiger partial charge < -0.3 is 20.5 Å². The monoisotopic (exact) mass is 171 g/mol. The van der Waals surface area contributed by atoms with Crippen LogP contribution in [-0.2, 0) is 0 Å². The summed E-state index contributed by atoms with van der Waals surface area (Å²) in [6.45, 7) is 5.79. The third-order valence-electron chi connectivity index (χ3n) is 0.